The Hall–Kier alpha value is -3.73. The molecule has 1 amide bonds. The number of carbonyl (C=O) groups excluding carboxylic acids is 1. The summed E-state index contributed by atoms with van der Waals surface area (Å²) >= 11 is 0. The lowest BCUT2D eigenvalue weighted by atomic mass is 10.0. The molecule has 0 aliphatic rings. The Kier molecular flexibility index (Phi) is 4.49. The van der Waals surface area contributed by atoms with Crippen LogP contribution in [0, 0.1) is 6.92 Å². The quantitative estimate of drug-likeness (QED) is 0.560. The number of anilines is 1. The SMILES string of the molecule is Cc1cccc2c(C(=O)Nc3ccc(Oc4cnccn4)cc3)cccc12. The van der Waals surface area contributed by atoms with E-state index < -0.39 is 0 Å². The smallest absolute Gasteiger partial charge is 0.256 e. The number of amides is 1. The van der Waals surface area contributed by atoms with Crippen LogP contribution in [0.2, 0.25) is 0 Å². The van der Waals surface area contributed by atoms with Gasteiger partial charge in [0.15, 0.2) is 0 Å². The molecule has 0 saturated heterocycles. The van der Waals surface area contributed by atoms with Crippen LogP contribution in [-0.4, -0.2) is 15.9 Å². The number of fused-ring (bicyclic) bond motifs is 1. The van der Waals surface area contributed by atoms with Crippen LogP contribution >= 0.6 is 0 Å². The first kappa shape index (κ1) is 16.7. The molecule has 0 radical (unpaired) electrons. The number of aryl methyl sites for hydroxylation is 1. The molecular weight excluding hydrogens is 338 g/mol. The van der Waals surface area contributed by atoms with Crippen LogP contribution < -0.4 is 10.1 Å². The average Bonchev–Trinajstić information content (AvgIpc) is 2.70. The first-order valence-corrected chi connectivity index (χ1v) is 8.54. The Balaban J connectivity index is 1.53. The van der Waals surface area contributed by atoms with E-state index in [9.17, 15) is 4.79 Å². The molecule has 0 unspecified atom stereocenters. The molecule has 0 bridgehead atoms. The fraction of sp³-hybridized carbons (Fsp3) is 0.0455. The van der Waals surface area contributed by atoms with Crippen LogP contribution in [0.15, 0.2) is 79.3 Å². The van der Waals surface area contributed by atoms with E-state index in [1.54, 1.807) is 36.7 Å². The third kappa shape index (κ3) is 3.62. The number of nitrogens with zero attached hydrogens (tertiary/aromatic N) is 2. The number of ether oxygens (including phenoxy) is 1. The van der Waals surface area contributed by atoms with Crippen molar-refractivity contribution >= 4 is 22.4 Å². The van der Waals surface area contributed by atoms with Gasteiger partial charge in [-0.3, -0.25) is 9.78 Å². The molecule has 1 aromatic heterocycles. The van der Waals surface area contributed by atoms with E-state index >= 15 is 0 Å². The maximum atomic E-state index is 12.8. The second-order valence-corrected chi connectivity index (χ2v) is 6.10. The summed E-state index contributed by atoms with van der Waals surface area (Å²) in [6.07, 6.45) is 4.69. The molecule has 0 aliphatic carbocycles. The first-order valence-electron chi connectivity index (χ1n) is 8.54. The number of benzene rings is 3. The molecule has 0 fully saturated rings. The molecular formula is C22H17N3O2. The van der Waals surface area contributed by atoms with Crippen LogP contribution in [0.4, 0.5) is 5.69 Å². The topological polar surface area (TPSA) is 64.1 Å². The molecule has 0 atom stereocenters. The van der Waals surface area contributed by atoms with Gasteiger partial charge < -0.3 is 10.1 Å². The molecule has 0 saturated carbocycles. The number of nitrogens with one attached hydrogen (secondary N) is 1. The second-order valence-electron chi connectivity index (χ2n) is 6.10. The summed E-state index contributed by atoms with van der Waals surface area (Å²) in [4.78, 5) is 20.8. The van der Waals surface area contributed by atoms with Crippen molar-refractivity contribution in [2.45, 2.75) is 6.92 Å². The lowest BCUT2D eigenvalue weighted by molar-refractivity contribution is 0.102. The number of aromatic nitrogens is 2. The Labute approximate surface area is 156 Å². The van der Waals surface area contributed by atoms with E-state index in [4.69, 9.17) is 4.74 Å². The fourth-order valence-electron chi connectivity index (χ4n) is 2.93. The van der Waals surface area contributed by atoms with Gasteiger partial charge in [-0.1, -0.05) is 30.3 Å². The molecule has 4 rings (SSSR count). The number of hydrogen-bond acceptors (Lipinski definition) is 4. The fourth-order valence-corrected chi connectivity index (χ4v) is 2.93. The lowest BCUT2D eigenvalue weighted by Crippen LogP contribution is -2.12. The number of hydrogen-bond donors (Lipinski definition) is 1. The van der Waals surface area contributed by atoms with Gasteiger partial charge in [0, 0.05) is 23.6 Å². The van der Waals surface area contributed by atoms with E-state index in [-0.39, 0.29) is 5.91 Å². The minimum Gasteiger partial charge on any atom is -0.438 e. The van der Waals surface area contributed by atoms with Crippen molar-refractivity contribution in [3.63, 3.8) is 0 Å². The van der Waals surface area contributed by atoms with Gasteiger partial charge >= 0.3 is 0 Å². The van der Waals surface area contributed by atoms with Gasteiger partial charge in [0.05, 0.1) is 6.20 Å². The highest BCUT2D eigenvalue weighted by Gasteiger charge is 2.11. The first-order chi connectivity index (χ1) is 13.2. The van der Waals surface area contributed by atoms with Crippen molar-refractivity contribution in [2.75, 3.05) is 5.32 Å². The molecule has 0 spiro atoms. The van der Waals surface area contributed by atoms with Gasteiger partial charge in [-0.05, 0) is 53.6 Å². The summed E-state index contributed by atoms with van der Waals surface area (Å²) < 4.78 is 5.61. The van der Waals surface area contributed by atoms with Crippen molar-refractivity contribution in [2.24, 2.45) is 0 Å². The minimum atomic E-state index is -0.145. The highest BCUT2D eigenvalue weighted by Crippen LogP contribution is 2.24. The van der Waals surface area contributed by atoms with Crippen molar-refractivity contribution < 1.29 is 9.53 Å². The van der Waals surface area contributed by atoms with Crippen molar-refractivity contribution in [3.05, 3.63) is 90.4 Å². The Morgan fingerprint density at radius 2 is 1.70 bits per heavy atom. The predicted octanol–water partition coefficient (Wildman–Crippen LogP) is 4.98. The summed E-state index contributed by atoms with van der Waals surface area (Å²) in [5.74, 6) is 0.892. The van der Waals surface area contributed by atoms with Crippen LogP contribution in [0.3, 0.4) is 0 Å². The third-order valence-corrected chi connectivity index (χ3v) is 4.26. The van der Waals surface area contributed by atoms with Gasteiger partial charge in [-0.25, -0.2) is 4.98 Å². The molecule has 5 nitrogen and oxygen atoms in total. The van der Waals surface area contributed by atoms with E-state index in [0.29, 0.717) is 22.9 Å². The zero-order chi connectivity index (χ0) is 18.6. The van der Waals surface area contributed by atoms with E-state index in [0.717, 1.165) is 16.3 Å². The number of rotatable bonds is 4. The predicted molar refractivity (Wildman–Crippen MR) is 105 cm³/mol. The largest absolute Gasteiger partial charge is 0.438 e. The van der Waals surface area contributed by atoms with Gasteiger partial charge in [-0.2, -0.15) is 0 Å². The van der Waals surface area contributed by atoms with E-state index in [2.05, 4.69) is 15.3 Å². The van der Waals surface area contributed by atoms with Gasteiger partial charge in [-0.15, -0.1) is 0 Å². The maximum Gasteiger partial charge on any atom is 0.256 e. The van der Waals surface area contributed by atoms with Gasteiger partial charge in [0.25, 0.3) is 5.91 Å². The van der Waals surface area contributed by atoms with Crippen LogP contribution in [0.25, 0.3) is 10.8 Å². The van der Waals surface area contributed by atoms with Crippen LogP contribution in [0.5, 0.6) is 11.6 Å². The molecule has 3 aromatic carbocycles. The Bertz CT molecular complexity index is 1090. The highest BCUT2D eigenvalue weighted by molar-refractivity contribution is 6.13. The van der Waals surface area contributed by atoms with Gasteiger partial charge in [0.2, 0.25) is 5.88 Å². The standard InChI is InChI=1S/C22H17N3O2/c1-15-4-2-6-19-18(15)5-3-7-20(19)22(26)25-16-8-10-17(11-9-16)27-21-14-23-12-13-24-21/h2-14H,1H3,(H,25,26). The Morgan fingerprint density at radius 3 is 2.48 bits per heavy atom. The van der Waals surface area contributed by atoms with Crippen molar-refractivity contribution in [1.82, 2.24) is 9.97 Å². The van der Waals surface area contributed by atoms with Crippen LogP contribution in [0.1, 0.15) is 15.9 Å². The highest BCUT2D eigenvalue weighted by atomic mass is 16.5. The molecule has 27 heavy (non-hydrogen) atoms. The minimum absolute atomic E-state index is 0.145. The summed E-state index contributed by atoms with van der Waals surface area (Å²) in [5, 5.41) is 4.96. The molecule has 5 heteroatoms. The molecule has 0 aliphatic heterocycles. The van der Waals surface area contributed by atoms with Crippen molar-refractivity contribution in [3.8, 4) is 11.6 Å². The lowest BCUT2D eigenvalue weighted by Gasteiger charge is -2.10. The summed E-state index contributed by atoms with van der Waals surface area (Å²) in [6.45, 7) is 2.04. The summed E-state index contributed by atoms with van der Waals surface area (Å²) in [7, 11) is 0. The third-order valence-electron chi connectivity index (χ3n) is 4.26. The molecule has 1 heterocycles. The van der Waals surface area contributed by atoms with E-state index in [1.807, 2.05) is 43.3 Å². The van der Waals surface area contributed by atoms with Crippen molar-refractivity contribution in [1.29, 1.82) is 0 Å². The zero-order valence-electron chi connectivity index (χ0n) is 14.7. The maximum absolute atomic E-state index is 12.8. The zero-order valence-corrected chi connectivity index (χ0v) is 14.7. The van der Waals surface area contributed by atoms with Crippen LogP contribution in [-0.2, 0) is 0 Å². The van der Waals surface area contributed by atoms with E-state index in [1.165, 1.54) is 6.20 Å². The molecule has 132 valence electrons. The van der Waals surface area contributed by atoms with Gasteiger partial charge in [0.1, 0.15) is 5.75 Å². The summed E-state index contributed by atoms with van der Waals surface area (Å²) in [5.41, 5.74) is 2.49. The molecule has 1 N–H and O–H groups in total. The second kappa shape index (κ2) is 7.25. The molecule has 4 aromatic rings. The Morgan fingerprint density at radius 1 is 0.926 bits per heavy atom. The monoisotopic (exact) mass is 355 g/mol. The summed E-state index contributed by atoms with van der Waals surface area (Å²) in [6, 6.07) is 18.9. The number of carbonyl (C=O) groups is 1. The average molecular weight is 355 g/mol. The normalized spacial score (nSPS) is 10.6.